The average molecular weight is 398 g/mol. The van der Waals surface area contributed by atoms with E-state index in [0.717, 1.165) is 30.2 Å². The Kier molecular flexibility index (Phi) is 5.35. The Morgan fingerprint density at radius 2 is 2.10 bits per heavy atom. The first-order chi connectivity index (χ1) is 14.1. The molecule has 8 heteroatoms. The van der Waals surface area contributed by atoms with Gasteiger partial charge in [-0.15, -0.1) is 0 Å². The minimum Gasteiger partial charge on any atom is -0.497 e. The van der Waals surface area contributed by atoms with E-state index in [2.05, 4.69) is 15.3 Å². The molecular weight excluding hydrogens is 375 g/mol. The van der Waals surface area contributed by atoms with Gasteiger partial charge in [-0.2, -0.15) is 0 Å². The van der Waals surface area contributed by atoms with Gasteiger partial charge in [-0.05, 0) is 31.0 Å². The maximum Gasteiger partial charge on any atom is 0.174 e. The number of pyridine rings is 2. The molecule has 3 heterocycles. The van der Waals surface area contributed by atoms with Gasteiger partial charge in [0.25, 0.3) is 0 Å². The number of benzene rings is 1. The molecule has 1 aliphatic rings. The van der Waals surface area contributed by atoms with E-state index in [1.165, 1.54) is 20.3 Å². The molecule has 29 heavy (non-hydrogen) atoms. The van der Waals surface area contributed by atoms with Crippen molar-refractivity contribution in [2.75, 3.05) is 38.4 Å². The fourth-order valence-electron chi connectivity index (χ4n) is 3.48. The monoisotopic (exact) mass is 398 g/mol. The van der Waals surface area contributed by atoms with Crippen molar-refractivity contribution >= 4 is 22.4 Å². The molecular formula is C21H23FN4O3. The van der Waals surface area contributed by atoms with Gasteiger partial charge in [0.15, 0.2) is 11.6 Å². The molecule has 0 radical (unpaired) electrons. The zero-order chi connectivity index (χ0) is 20.4. The highest BCUT2D eigenvalue weighted by Gasteiger charge is 2.19. The van der Waals surface area contributed by atoms with Gasteiger partial charge in [0.1, 0.15) is 17.4 Å². The Hall–Kier alpha value is -3.13. The van der Waals surface area contributed by atoms with Crippen LogP contribution in [0.5, 0.6) is 11.5 Å². The van der Waals surface area contributed by atoms with Crippen LogP contribution in [0.3, 0.4) is 0 Å². The standard InChI is InChI=1S/C21H23FN4O3/c1-27-14-7-16(20(22)18(8-14)28-2)17-6-12-10-24-19(23)9-15(12)21(26-17)25-11-13-4-3-5-29-13/h6-10,13H,3-5,11H2,1-2H3,(H2,23,24)(H,25,26). The summed E-state index contributed by atoms with van der Waals surface area (Å²) < 4.78 is 31.1. The maximum absolute atomic E-state index is 15.0. The number of nitrogens with zero attached hydrogens (tertiary/aromatic N) is 2. The third-order valence-corrected chi connectivity index (χ3v) is 5.00. The van der Waals surface area contributed by atoms with E-state index in [9.17, 15) is 0 Å². The second-order valence-electron chi connectivity index (χ2n) is 6.89. The lowest BCUT2D eigenvalue weighted by atomic mass is 10.1. The molecule has 0 spiro atoms. The Balaban J connectivity index is 1.82. The largest absolute Gasteiger partial charge is 0.497 e. The summed E-state index contributed by atoms with van der Waals surface area (Å²) in [6.07, 6.45) is 3.83. The number of anilines is 2. The van der Waals surface area contributed by atoms with Gasteiger partial charge in [0.05, 0.1) is 26.0 Å². The van der Waals surface area contributed by atoms with Gasteiger partial charge in [-0.25, -0.2) is 14.4 Å². The first kappa shape index (κ1) is 19.2. The Bertz CT molecular complexity index is 1040. The van der Waals surface area contributed by atoms with Gasteiger partial charge < -0.3 is 25.3 Å². The average Bonchev–Trinajstić information content (AvgIpc) is 3.26. The summed E-state index contributed by atoms with van der Waals surface area (Å²) in [7, 11) is 2.93. The van der Waals surface area contributed by atoms with Crippen molar-refractivity contribution < 1.29 is 18.6 Å². The summed E-state index contributed by atoms with van der Waals surface area (Å²) in [4.78, 5) is 8.85. The molecule has 1 aliphatic heterocycles. The lowest BCUT2D eigenvalue weighted by Crippen LogP contribution is -2.19. The van der Waals surface area contributed by atoms with E-state index in [1.807, 2.05) is 0 Å². The fourth-order valence-corrected chi connectivity index (χ4v) is 3.48. The number of halogens is 1. The third-order valence-electron chi connectivity index (χ3n) is 5.00. The lowest BCUT2D eigenvalue weighted by Gasteiger charge is -2.16. The number of nitrogen functional groups attached to an aromatic ring is 1. The molecule has 7 nitrogen and oxygen atoms in total. The smallest absolute Gasteiger partial charge is 0.174 e. The van der Waals surface area contributed by atoms with Crippen molar-refractivity contribution in [1.29, 1.82) is 0 Å². The van der Waals surface area contributed by atoms with E-state index >= 15 is 4.39 Å². The fraction of sp³-hybridized carbons (Fsp3) is 0.333. The third kappa shape index (κ3) is 3.88. The Labute approximate surface area is 168 Å². The second kappa shape index (κ2) is 8.08. The molecule has 152 valence electrons. The zero-order valence-corrected chi connectivity index (χ0v) is 16.4. The number of hydrogen-bond acceptors (Lipinski definition) is 7. The number of aromatic nitrogens is 2. The van der Waals surface area contributed by atoms with Crippen LogP contribution in [0.1, 0.15) is 12.8 Å². The van der Waals surface area contributed by atoms with Crippen LogP contribution in [0, 0.1) is 5.82 Å². The van der Waals surface area contributed by atoms with Crippen molar-refractivity contribution in [3.05, 3.63) is 36.3 Å². The van der Waals surface area contributed by atoms with Crippen molar-refractivity contribution in [2.24, 2.45) is 0 Å². The van der Waals surface area contributed by atoms with Gasteiger partial charge in [0.2, 0.25) is 0 Å². The van der Waals surface area contributed by atoms with Gasteiger partial charge in [-0.1, -0.05) is 0 Å². The van der Waals surface area contributed by atoms with E-state index in [4.69, 9.17) is 19.9 Å². The number of ether oxygens (including phenoxy) is 3. The number of rotatable bonds is 6. The molecule has 1 unspecified atom stereocenters. The number of nitrogens with one attached hydrogen (secondary N) is 1. The lowest BCUT2D eigenvalue weighted by molar-refractivity contribution is 0.120. The van der Waals surface area contributed by atoms with Gasteiger partial charge in [-0.3, -0.25) is 0 Å². The highest BCUT2D eigenvalue weighted by molar-refractivity contribution is 5.95. The second-order valence-corrected chi connectivity index (χ2v) is 6.89. The summed E-state index contributed by atoms with van der Waals surface area (Å²) in [6.45, 7) is 1.38. The van der Waals surface area contributed by atoms with Crippen LogP contribution in [-0.2, 0) is 4.74 Å². The molecule has 3 aromatic rings. The van der Waals surface area contributed by atoms with Crippen molar-refractivity contribution in [3.63, 3.8) is 0 Å². The number of fused-ring (bicyclic) bond motifs is 1. The van der Waals surface area contributed by atoms with Crippen LogP contribution in [0.15, 0.2) is 30.5 Å². The minimum absolute atomic E-state index is 0.0885. The SMILES string of the molecule is COc1cc(OC)c(F)c(-c2cc3cnc(N)cc3c(NCC3CCCO3)n2)c1. The number of nitrogens with two attached hydrogens (primary N) is 1. The molecule has 1 fully saturated rings. The van der Waals surface area contributed by atoms with E-state index in [1.54, 1.807) is 24.4 Å². The summed E-state index contributed by atoms with van der Waals surface area (Å²) in [5.74, 6) is 1.05. The van der Waals surface area contributed by atoms with Crippen LogP contribution < -0.4 is 20.5 Å². The maximum atomic E-state index is 15.0. The molecule has 0 amide bonds. The van der Waals surface area contributed by atoms with E-state index in [-0.39, 0.29) is 17.4 Å². The molecule has 4 rings (SSSR count). The summed E-state index contributed by atoms with van der Waals surface area (Å²) in [5.41, 5.74) is 6.59. The van der Waals surface area contributed by atoms with E-state index < -0.39 is 5.82 Å². The van der Waals surface area contributed by atoms with Gasteiger partial charge >= 0.3 is 0 Å². The summed E-state index contributed by atoms with van der Waals surface area (Å²) in [5, 5.41) is 4.95. The highest BCUT2D eigenvalue weighted by Crippen LogP contribution is 2.36. The van der Waals surface area contributed by atoms with Crippen molar-refractivity contribution in [3.8, 4) is 22.8 Å². The van der Waals surface area contributed by atoms with Crippen LogP contribution in [0.2, 0.25) is 0 Å². The van der Waals surface area contributed by atoms with Crippen molar-refractivity contribution in [2.45, 2.75) is 18.9 Å². The topological polar surface area (TPSA) is 91.5 Å². The molecule has 0 aliphatic carbocycles. The Morgan fingerprint density at radius 3 is 2.83 bits per heavy atom. The van der Waals surface area contributed by atoms with Gasteiger partial charge in [0, 0.05) is 41.8 Å². The quantitative estimate of drug-likeness (QED) is 0.655. The summed E-state index contributed by atoms with van der Waals surface area (Å²) in [6, 6.07) is 6.63. The van der Waals surface area contributed by atoms with Crippen molar-refractivity contribution in [1.82, 2.24) is 9.97 Å². The first-order valence-electron chi connectivity index (χ1n) is 9.42. The van der Waals surface area contributed by atoms with Crippen LogP contribution in [-0.4, -0.2) is 43.4 Å². The zero-order valence-electron chi connectivity index (χ0n) is 16.4. The molecule has 1 atom stereocenters. The first-order valence-corrected chi connectivity index (χ1v) is 9.42. The molecule has 3 N–H and O–H groups in total. The number of hydrogen-bond donors (Lipinski definition) is 2. The van der Waals surface area contributed by atoms with Crippen LogP contribution in [0.25, 0.3) is 22.0 Å². The predicted octanol–water partition coefficient (Wildman–Crippen LogP) is 3.63. The Morgan fingerprint density at radius 1 is 1.24 bits per heavy atom. The van der Waals surface area contributed by atoms with Crippen LogP contribution in [0.4, 0.5) is 16.0 Å². The van der Waals surface area contributed by atoms with Crippen LogP contribution >= 0.6 is 0 Å². The minimum atomic E-state index is -0.506. The molecule has 0 bridgehead atoms. The molecule has 1 saturated heterocycles. The number of methoxy groups -OCH3 is 2. The highest BCUT2D eigenvalue weighted by atomic mass is 19.1. The summed E-state index contributed by atoms with van der Waals surface area (Å²) >= 11 is 0. The molecule has 1 aromatic carbocycles. The predicted molar refractivity (Wildman–Crippen MR) is 110 cm³/mol. The molecule has 0 saturated carbocycles. The normalized spacial score (nSPS) is 16.2. The molecule has 2 aromatic heterocycles. The van der Waals surface area contributed by atoms with E-state index in [0.29, 0.717) is 29.6 Å².